The second-order valence-corrected chi connectivity index (χ2v) is 5.45. The molecule has 17 heavy (non-hydrogen) atoms. The van der Waals surface area contributed by atoms with Gasteiger partial charge in [-0.05, 0) is 43.9 Å². The smallest absolute Gasteiger partial charge is 0.0393 e. The molecule has 2 heteroatoms. The van der Waals surface area contributed by atoms with E-state index < -0.39 is 0 Å². The summed E-state index contributed by atoms with van der Waals surface area (Å²) in [7, 11) is 2.19. The van der Waals surface area contributed by atoms with Crippen molar-refractivity contribution in [2.24, 2.45) is 5.92 Å². The summed E-state index contributed by atoms with van der Waals surface area (Å²) in [5.74, 6) is 0.695. The van der Waals surface area contributed by atoms with Crippen LogP contribution in [-0.4, -0.2) is 26.2 Å². The van der Waals surface area contributed by atoms with E-state index in [9.17, 15) is 0 Å². The molecule has 1 N–H and O–H groups in total. The molecule has 1 atom stereocenters. The molecule has 0 saturated heterocycles. The van der Waals surface area contributed by atoms with Crippen molar-refractivity contribution in [1.82, 2.24) is 5.32 Å². The number of nitrogens with one attached hydrogen (secondary N) is 1. The maximum absolute atomic E-state index is 3.60. The lowest BCUT2D eigenvalue weighted by molar-refractivity contribution is 0.511. The van der Waals surface area contributed by atoms with Crippen LogP contribution in [0.15, 0.2) is 24.3 Å². The number of hydrogen-bond donors (Lipinski definition) is 1. The Bertz CT molecular complexity index is 358. The summed E-state index contributed by atoms with van der Waals surface area (Å²) in [4.78, 5) is 2.37. The quantitative estimate of drug-likeness (QED) is 0.811. The summed E-state index contributed by atoms with van der Waals surface area (Å²) in [5, 5.41) is 3.60. The fraction of sp³-hybridized carbons (Fsp3) is 0.600. The van der Waals surface area contributed by atoms with Crippen LogP contribution in [0, 0.1) is 12.8 Å². The maximum atomic E-state index is 3.60. The Labute approximate surface area is 105 Å². The van der Waals surface area contributed by atoms with Crippen LogP contribution in [0.4, 0.5) is 5.69 Å². The van der Waals surface area contributed by atoms with Crippen LogP contribution in [0.25, 0.3) is 0 Å². The van der Waals surface area contributed by atoms with Gasteiger partial charge in [-0.3, -0.25) is 0 Å². The Morgan fingerprint density at radius 2 is 2.06 bits per heavy atom. The molecule has 94 valence electrons. The maximum Gasteiger partial charge on any atom is 0.0393 e. The molecule has 0 spiro atoms. The van der Waals surface area contributed by atoms with E-state index in [1.165, 1.54) is 24.1 Å². The van der Waals surface area contributed by atoms with Crippen molar-refractivity contribution < 1.29 is 0 Å². The van der Waals surface area contributed by atoms with Gasteiger partial charge in [0.2, 0.25) is 0 Å². The Hall–Kier alpha value is -1.02. The minimum Gasteiger partial charge on any atom is -0.374 e. The third-order valence-electron chi connectivity index (χ3n) is 3.44. The molecule has 1 aliphatic rings. The minimum atomic E-state index is 0.695. The summed E-state index contributed by atoms with van der Waals surface area (Å²) in [6.45, 7) is 6.76. The first-order valence-corrected chi connectivity index (χ1v) is 6.67. The van der Waals surface area contributed by atoms with E-state index >= 15 is 0 Å². The number of aryl methyl sites for hydroxylation is 1. The van der Waals surface area contributed by atoms with Gasteiger partial charge in [0.1, 0.15) is 0 Å². The van der Waals surface area contributed by atoms with E-state index in [0.717, 1.165) is 19.1 Å². The topological polar surface area (TPSA) is 15.3 Å². The third-order valence-corrected chi connectivity index (χ3v) is 3.44. The molecule has 1 aliphatic carbocycles. The Balaban J connectivity index is 1.82. The molecule has 0 amide bonds. The second kappa shape index (κ2) is 5.54. The molecule has 1 fully saturated rings. The van der Waals surface area contributed by atoms with Crippen molar-refractivity contribution in [3.63, 3.8) is 0 Å². The van der Waals surface area contributed by atoms with E-state index in [1.54, 1.807) is 0 Å². The average Bonchev–Trinajstić information content (AvgIpc) is 3.10. The van der Waals surface area contributed by atoms with Gasteiger partial charge in [0.25, 0.3) is 0 Å². The predicted molar refractivity (Wildman–Crippen MR) is 74.6 cm³/mol. The Morgan fingerprint density at radius 3 is 2.71 bits per heavy atom. The van der Waals surface area contributed by atoms with Crippen LogP contribution in [0.1, 0.15) is 25.3 Å². The minimum absolute atomic E-state index is 0.695. The highest BCUT2D eigenvalue weighted by atomic mass is 15.1. The lowest BCUT2D eigenvalue weighted by atomic mass is 10.1. The predicted octanol–water partition coefficient (Wildman–Crippen LogP) is 2.82. The van der Waals surface area contributed by atoms with Gasteiger partial charge in [0, 0.05) is 25.3 Å². The highest BCUT2D eigenvalue weighted by Gasteiger charge is 2.21. The molecule has 1 unspecified atom stereocenters. The van der Waals surface area contributed by atoms with Crippen LogP contribution < -0.4 is 10.2 Å². The first-order chi connectivity index (χ1) is 8.16. The zero-order valence-electron chi connectivity index (χ0n) is 11.2. The number of rotatable bonds is 6. The van der Waals surface area contributed by atoms with Gasteiger partial charge in [-0.1, -0.05) is 25.1 Å². The van der Waals surface area contributed by atoms with Crippen LogP contribution >= 0.6 is 0 Å². The fourth-order valence-corrected chi connectivity index (χ4v) is 2.28. The standard InChI is InChI=1S/C15H24N2/c1-12(10-16-14-8-9-14)11-17(3)15-7-5-4-6-13(15)2/h4-7,12,14,16H,8-11H2,1-3H3. The zero-order valence-corrected chi connectivity index (χ0v) is 11.2. The van der Waals surface area contributed by atoms with E-state index in [1.807, 2.05) is 0 Å². The molecule has 1 saturated carbocycles. The van der Waals surface area contributed by atoms with Crippen LogP contribution in [0.3, 0.4) is 0 Å². The Morgan fingerprint density at radius 1 is 1.35 bits per heavy atom. The summed E-state index contributed by atoms with van der Waals surface area (Å²) in [5.41, 5.74) is 2.71. The second-order valence-electron chi connectivity index (χ2n) is 5.45. The molecule has 1 aromatic carbocycles. The van der Waals surface area contributed by atoms with Crippen molar-refractivity contribution >= 4 is 5.69 Å². The number of para-hydroxylation sites is 1. The van der Waals surface area contributed by atoms with E-state index in [-0.39, 0.29) is 0 Å². The molecule has 2 nitrogen and oxygen atoms in total. The summed E-state index contributed by atoms with van der Waals surface area (Å²) in [6.07, 6.45) is 2.75. The van der Waals surface area contributed by atoms with E-state index in [0.29, 0.717) is 5.92 Å². The highest BCUT2D eigenvalue weighted by Crippen LogP contribution is 2.20. The SMILES string of the molecule is Cc1ccccc1N(C)CC(C)CNC1CC1. The van der Waals surface area contributed by atoms with Gasteiger partial charge in [-0.25, -0.2) is 0 Å². The van der Waals surface area contributed by atoms with Gasteiger partial charge in [0.15, 0.2) is 0 Å². The number of hydrogen-bond acceptors (Lipinski definition) is 2. The molecule has 0 radical (unpaired) electrons. The van der Waals surface area contributed by atoms with Gasteiger partial charge in [-0.2, -0.15) is 0 Å². The number of benzene rings is 1. The molecule has 0 bridgehead atoms. The molecule has 2 rings (SSSR count). The largest absolute Gasteiger partial charge is 0.374 e. The first-order valence-electron chi connectivity index (χ1n) is 6.67. The van der Waals surface area contributed by atoms with Crippen molar-refractivity contribution in [3.8, 4) is 0 Å². The van der Waals surface area contributed by atoms with E-state index in [4.69, 9.17) is 0 Å². The number of anilines is 1. The highest BCUT2D eigenvalue weighted by molar-refractivity contribution is 5.52. The fourth-order valence-electron chi connectivity index (χ4n) is 2.28. The normalized spacial score (nSPS) is 16.9. The van der Waals surface area contributed by atoms with Gasteiger partial charge < -0.3 is 10.2 Å². The first kappa shape index (κ1) is 12.4. The van der Waals surface area contributed by atoms with Crippen molar-refractivity contribution in [2.45, 2.75) is 32.7 Å². The lowest BCUT2D eigenvalue weighted by Crippen LogP contribution is -2.32. The van der Waals surface area contributed by atoms with Crippen LogP contribution in [-0.2, 0) is 0 Å². The number of nitrogens with zero attached hydrogens (tertiary/aromatic N) is 1. The summed E-state index contributed by atoms with van der Waals surface area (Å²) >= 11 is 0. The monoisotopic (exact) mass is 232 g/mol. The van der Waals surface area contributed by atoms with Crippen molar-refractivity contribution in [1.29, 1.82) is 0 Å². The zero-order chi connectivity index (χ0) is 12.3. The van der Waals surface area contributed by atoms with Gasteiger partial charge in [0.05, 0.1) is 0 Å². The van der Waals surface area contributed by atoms with Crippen LogP contribution in [0.5, 0.6) is 0 Å². The molecule has 0 aromatic heterocycles. The van der Waals surface area contributed by atoms with Crippen LogP contribution in [0.2, 0.25) is 0 Å². The summed E-state index contributed by atoms with van der Waals surface area (Å²) in [6, 6.07) is 9.42. The summed E-state index contributed by atoms with van der Waals surface area (Å²) < 4.78 is 0. The molecular formula is C15H24N2. The molecule has 0 aliphatic heterocycles. The van der Waals surface area contributed by atoms with Gasteiger partial charge >= 0.3 is 0 Å². The Kier molecular flexibility index (Phi) is 4.06. The van der Waals surface area contributed by atoms with E-state index in [2.05, 4.69) is 55.4 Å². The lowest BCUT2D eigenvalue weighted by Gasteiger charge is -2.25. The van der Waals surface area contributed by atoms with Crippen molar-refractivity contribution in [2.75, 3.05) is 25.0 Å². The van der Waals surface area contributed by atoms with Crippen molar-refractivity contribution in [3.05, 3.63) is 29.8 Å². The average molecular weight is 232 g/mol. The molecule has 1 aromatic rings. The molecule has 0 heterocycles. The van der Waals surface area contributed by atoms with Gasteiger partial charge in [-0.15, -0.1) is 0 Å². The molecular weight excluding hydrogens is 208 g/mol. The third kappa shape index (κ3) is 3.74.